The highest BCUT2D eigenvalue weighted by molar-refractivity contribution is 6.35. The normalized spacial score (nSPS) is 9.62. The van der Waals surface area contributed by atoms with Gasteiger partial charge in [-0.1, -0.05) is 18.2 Å². The summed E-state index contributed by atoms with van der Waals surface area (Å²) in [5.41, 5.74) is 5.82. The molecular weight excluding hydrogens is 230 g/mol. The van der Waals surface area contributed by atoms with Crippen LogP contribution in [0.3, 0.4) is 0 Å². The summed E-state index contributed by atoms with van der Waals surface area (Å²) in [6, 6.07) is 2.86. The summed E-state index contributed by atoms with van der Waals surface area (Å²) in [5, 5.41) is 0.228. The van der Waals surface area contributed by atoms with E-state index in [1.54, 1.807) is 0 Å². The summed E-state index contributed by atoms with van der Waals surface area (Å²) in [6.45, 7) is 3.51. The third kappa shape index (κ3) is 2.23. The summed E-state index contributed by atoms with van der Waals surface area (Å²) in [7, 11) is 1.41. The SMILES string of the molecule is C=C(C(N)=O)c1cc(OC)c(C=O)cc1Cl. The molecule has 0 spiro atoms. The number of aldehydes is 1. The van der Waals surface area contributed by atoms with Crippen molar-refractivity contribution >= 4 is 29.4 Å². The molecule has 0 aliphatic heterocycles. The van der Waals surface area contributed by atoms with Crippen LogP contribution in [-0.2, 0) is 4.79 Å². The number of carbonyl (C=O) groups excluding carboxylic acids is 2. The summed E-state index contributed by atoms with van der Waals surface area (Å²) in [4.78, 5) is 21.7. The van der Waals surface area contributed by atoms with E-state index < -0.39 is 5.91 Å². The summed E-state index contributed by atoms with van der Waals surface area (Å²) in [5.74, 6) is -0.361. The molecule has 0 heterocycles. The fourth-order valence-corrected chi connectivity index (χ4v) is 1.49. The van der Waals surface area contributed by atoms with Gasteiger partial charge in [0.15, 0.2) is 6.29 Å². The Bertz CT molecular complexity index is 469. The van der Waals surface area contributed by atoms with Crippen molar-refractivity contribution in [3.63, 3.8) is 0 Å². The Hall–Kier alpha value is -1.81. The van der Waals surface area contributed by atoms with Crippen molar-refractivity contribution in [3.8, 4) is 5.75 Å². The zero-order chi connectivity index (χ0) is 12.3. The standard InChI is InChI=1S/C11H10ClNO3/c1-6(11(13)15)8-4-10(16-2)7(5-14)3-9(8)12/h3-5H,1H2,2H3,(H2,13,15). The minimum Gasteiger partial charge on any atom is -0.496 e. The maximum atomic E-state index is 11.0. The van der Waals surface area contributed by atoms with E-state index in [0.29, 0.717) is 23.2 Å². The van der Waals surface area contributed by atoms with Crippen molar-refractivity contribution in [2.45, 2.75) is 0 Å². The van der Waals surface area contributed by atoms with Crippen LogP contribution in [0.4, 0.5) is 0 Å². The number of hydrogen-bond donors (Lipinski definition) is 1. The maximum Gasteiger partial charge on any atom is 0.248 e. The van der Waals surface area contributed by atoms with Crippen LogP contribution in [-0.4, -0.2) is 19.3 Å². The molecule has 5 heteroatoms. The lowest BCUT2D eigenvalue weighted by Crippen LogP contribution is -2.12. The number of hydrogen-bond acceptors (Lipinski definition) is 3. The number of rotatable bonds is 4. The quantitative estimate of drug-likeness (QED) is 0.642. The van der Waals surface area contributed by atoms with Crippen LogP contribution in [0.1, 0.15) is 15.9 Å². The van der Waals surface area contributed by atoms with E-state index in [1.165, 1.54) is 19.2 Å². The molecule has 1 aromatic rings. The predicted molar refractivity (Wildman–Crippen MR) is 61.6 cm³/mol. The molecule has 0 bridgehead atoms. The number of benzene rings is 1. The monoisotopic (exact) mass is 239 g/mol. The Morgan fingerprint density at radius 1 is 1.56 bits per heavy atom. The van der Waals surface area contributed by atoms with Gasteiger partial charge in [0.1, 0.15) is 5.75 Å². The smallest absolute Gasteiger partial charge is 0.248 e. The predicted octanol–water partition coefficient (Wildman–Crippen LogP) is 1.66. The first-order valence-corrected chi connectivity index (χ1v) is 4.70. The van der Waals surface area contributed by atoms with E-state index in [9.17, 15) is 9.59 Å². The zero-order valence-electron chi connectivity index (χ0n) is 8.62. The Labute approximate surface area is 97.6 Å². The average Bonchev–Trinajstić information content (AvgIpc) is 2.27. The van der Waals surface area contributed by atoms with Gasteiger partial charge < -0.3 is 10.5 Å². The topological polar surface area (TPSA) is 69.4 Å². The van der Waals surface area contributed by atoms with Gasteiger partial charge in [-0.05, 0) is 12.1 Å². The zero-order valence-corrected chi connectivity index (χ0v) is 9.38. The Kier molecular flexibility index (Phi) is 3.68. The molecule has 0 aliphatic rings. The molecule has 0 radical (unpaired) electrons. The molecule has 1 aromatic carbocycles. The number of halogens is 1. The van der Waals surface area contributed by atoms with Gasteiger partial charge in [-0.25, -0.2) is 0 Å². The van der Waals surface area contributed by atoms with E-state index in [-0.39, 0.29) is 10.6 Å². The number of ether oxygens (including phenoxy) is 1. The molecule has 2 N–H and O–H groups in total. The fraction of sp³-hybridized carbons (Fsp3) is 0.0909. The molecule has 1 rings (SSSR count). The average molecular weight is 240 g/mol. The lowest BCUT2D eigenvalue weighted by Gasteiger charge is -2.09. The third-order valence-electron chi connectivity index (χ3n) is 2.07. The Morgan fingerprint density at radius 2 is 2.19 bits per heavy atom. The van der Waals surface area contributed by atoms with Crippen molar-refractivity contribution in [1.82, 2.24) is 0 Å². The molecule has 0 aromatic heterocycles. The number of methoxy groups -OCH3 is 1. The van der Waals surface area contributed by atoms with E-state index in [0.717, 1.165) is 0 Å². The van der Waals surface area contributed by atoms with Gasteiger partial charge in [0.25, 0.3) is 0 Å². The van der Waals surface area contributed by atoms with Crippen LogP contribution in [0.15, 0.2) is 18.7 Å². The van der Waals surface area contributed by atoms with E-state index in [1.807, 2.05) is 0 Å². The molecule has 0 saturated heterocycles. The molecule has 16 heavy (non-hydrogen) atoms. The van der Waals surface area contributed by atoms with Crippen LogP contribution in [0, 0.1) is 0 Å². The lowest BCUT2D eigenvalue weighted by atomic mass is 10.0. The van der Waals surface area contributed by atoms with Crippen molar-refractivity contribution in [2.24, 2.45) is 5.73 Å². The number of carbonyl (C=O) groups is 2. The van der Waals surface area contributed by atoms with Crippen LogP contribution in [0.2, 0.25) is 5.02 Å². The van der Waals surface area contributed by atoms with E-state index in [4.69, 9.17) is 22.1 Å². The van der Waals surface area contributed by atoms with Gasteiger partial charge in [0.05, 0.1) is 12.7 Å². The second kappa shape index (κ2) is 4.81. The summed E-state index contributed by atoms with van der Waals surface area (Å²) in [6.07, 6.45) is 0.613. The second-order valence-corrected chi connectivity index (χ2v) is 3.44. The Balaban J connectivity index is 3.37. The van der Waals surface area contributed by atoms with Crippen LogP contribution in [0.25, 0.3) is 5.57 Å². The third-order valence-corrected chi connectivity index (χ3v) is 2.38. The van der Waals surface area contributed by atoms with Crippen molar-refractivity contribution in [1.29, 1.82) is 0 Å². The van der Waals surface area contributed by atoms with Gasteiger partial charge in [-0.2, -0.15) is 0 Å². The molecule has 4 nitrogen and oxygen atoms in total. The first-order chi connectivity index (χ1) is 7.51. The second-order valence-electron chi connectivity index (χ2n) is 3.03. The molecule has 0 unspecified atom stereocenters. The van der Waals surface area contributed by atoms with E-state index in [2.05, 4.69) is 6.58 Å². The Morgan fingerprint density at radius 3 is 2.62 bits per heavy atom. The van der Waals surface area contributed by atoms with Crippen LogP contribution >= 0.6 is 11.6 Å². The van der Waals surface area contributed by atoms with Gasteiger partial charge >= 0.3 is 0 Å². The summed E-state index contributed by atoms with van der Waals surface area (Å²) < 4.78 is 4.98. The molecule has 0 atom stereocenters. The lowest BCUT2D eigenvalue weighted by molar-refractivity contribution is -0.112. The minimum absolute atomic E-state index is 0.0701. The highest BCUT2D eigenvalue weighted by Gasteiger charge is 2.14. The van der Waals surface area contributed by atoms with Gasteiger partial charge in [-0.15, -0.1) is 0 Å². The number of amides is 1. The maximum absolute atomic E-state index is 11.0. The molecule has 0 fully saturated rings. The molecule has 0 aliphatic carbocycles. The summed E-state index contributed by atoms with van der Waals surface area (Å²) >= 11 is 5.89. The minimum atomic E-state index is -0.678. The van der Waals surface area contributed by atoms with Gasteiger partial charge in [0, 0.05) is 16.2 Å². The fourth-order valence-electron chi connectivity index (χ4n) is 1.20. The highest BCUT2D eigenvalue weighted by atomic mass is 35.5. The van der Waals surface area contributed by atoms with Crippen molar-refractivity contribution in [2.75, 3.05) is 7.11 Å². The van der Waals surface area contributed by atoms with Gasteiger partial charge in [0.2, 0.25) is 5.91 Å². The first-order valence-electron chi connectivity index (χ1n) is 4.33. The largest absolute Gasteiger partial charge is 0.496 e. The van der Waals surface area contributed by atoms with Crippen LogP contribution < -0.4 is 10.5 Å². The van der Waals surface area contributed by atoms with E-state index >= 15 is 0 Å². The molecule has 84 valence electrons. The molecular formula is C11H10ClNO3. The van der Waals surface area contributed by atoms with Gasteiger partial charge in [-0.3, -0.25) is 9.59 Å². The highest BCUT2D eigenvalue weighted by Crippen LogP contribution is 2.30. The number of nitrogens with two attached hydrogens (primary N) is 1. The van der Waals surface area contributed by atoms with Crippen molar-refractivity contribution in [3.05, 3.63) is 34.9 Å². The molecule has 0 saturated carbocycles. The number of primary amides is 1. The first kappa shape index (κ1) is 12.3. The molecule has 1 amide bonds. The van der Waals surface area contributed by atoms with Crippen molar-refractivity contribution < 1.29 is 14.3 Å². The van der Waals surface area contributed by atoms with Crippen LogP contribution in [0.5, 0.6) is 5.75 Å².